The van der Waals surface area contributed by atoms with Gasteiger partial charge in [0.2, 0.25) is 0 Å². The van der Waals surface area contributed by atoms with Crippen LogP contribution in [-0.4, -0.2) is 23.5 Å². The van der Waals surface area contributed by atoms with E-state index < -0.39 is 17.6 Å². The lowest BCUT2D eigenvalue weighted by molar-refractivity contribution is -0.148. The third-order valence-electron chi connectivity index (χ3n) is 3.72. The monoisotopic (exact) mass is 339 g/mol. The number of anilines is 2. The van der Waals surface area contributed by atoms with Crippen LogP contribution in [0, 0.1) is 24.1 Å². The van der Waals surface area contributed by atoms with Crippen LogP contribution in [0.15, 0.2) is 36.4 Å². The molecule has 1 aliphatic heterocycles. The largest absolute Gasteiger partial charge is 0.352 e. The number of hydroxylamine groups is 2. The van der Waals surface area contributed by atoms with Gasteiger partial charge in [-0.05, 0) is 42.8 Å². The average molecular weight is 339 g/mol. The Labute approximate surface area is 143 Å². The first kappa shape index (κ1) is 16.6. The van der Waals surface area contributed by atoms with Crippen LogP contribution < -0.4 is 5.32 Å². The number of hydrogen-bond donors (Lipinski definition) is 1. The number of rotatable bonds is 3. The molecule has 1 N–H and O–H groups in total. The average Bonchev–Trinajstić information content (AvgIpc) is 3.02. The number of imide groups is 1. The van der Waals surface area contributed by atoms with E-state index in [1.54, 1.807) is 13.0 Å². The van der Waals surface area contributed by atoms with Crippen molar-refractivity contribution in [1.82, 2.24) is 5.06 Å². The molecule has 2 aromatic carbocycles. The van der Waals surface area contributed by atoms with E-state index in [-0.39, 0.29) is 30.0 Å². The highest BCUT2D eigenvalue weighted by Crippen LogP contribution is 2.27. The standard InChI is InChI=1S/C18H14FN3O3/c1-11-2-5-15(14(19)8-11)21-16-9-12(10-20)3-4-13(16)18(24)22-17(23)6-7-25-22/h2-5,8-9,21H,6-7H2,1H3. The van der Waals surface area contributed by atoms with Gasteiger partial charge in [-0.1, -0.05) is 6.07 Å². The van der Waals surface area contributed by atoms with Crippen LogP contribution in [0.3, 0.4) is 0 Å². The highest BCUT2D eigenvalue weighted by Gasteiger charge is 2.30. The Hall–Kier alpha value is -3.24. The summed E-state index contributed by atoms with van der Waals surface area (Å²) in [7, 11) is 0. The molecule has 3 rings (SSSR count). The summed E-state index contributed by atoms with van der Waals surface area (Å²) in [6.45, 7) is 1.89. The Morgan fingerprint density at radius 2 is 2.08 bits per heavy atom. The van der Waals surface area contributed by atoms with Crippen LogP contribution in [-0.2, 0) is 9.63 Å². The fourth-order valence-electron chi connectivity index (χ4n) is 2.45. The molecule has 2 amide bonds. The smallest absolute Gasteiger partial charge is 0.286 e. The molecule has 0 unspecified atom stereocenters. The molecule has 0 aliphatic carbocycles. The molecule has 0 spiro atoms. The molecule has 1 saturated heterocycles. The van der Waals surface area contributed by atoms with Gasteiger partial charge in [0.15, 0.2) is 0 Å². The molecule has 2 aromatic rings. The summed E-state index contributed by atoms with van der Waals surface area (Å²) in [5, 5.41) is 12.6. The summed E-state index contributed by atoms with van der Waals surface area (Å²) >= 11 is 0. The number of amides is 2. The molecular formula is C18H14FN3O3. The maximum atomic E-state index is 14.1. The molecule has 0 atom stereocenters. The van der Waals surface area contributed by atoms with Gasteiger partial charge in [0.25, 0.3) is 11.8 Å². The summed E-state index contributed by atoms with van der Waals surface area (Å²) in [5.74, 6) is -1.60. The minimum atomic E-state index is -0.665. The first-order chi connectivity index (χ1) is 12.0. The van der Waals surface area contributed by atoms with Crippen LogP contribution >= 0.6 is 0 Å². The van der Waals surface area contributed by atoms with E-state index in [9.17, 15) is 14.0 Å². The second-order valence-electron chi connectivity index (χ2n) is 5.56. The SMILES string of the molecule is Cc1ccc(Nc2cc(C#N)ccc2C(=O)N2OCCC2=O)c(F)c1. The quantitative estimate of drug-likeness (QED) is 0.869. The molecule has 0 radical (unpaired) electrons. The van der Waals surface area contributed by atoms with Gasteiger partial charge in [-0.15, -0.1) is 5.06 Å². The summed E-state index contributed by atoms with van der Waals surface area (Å²) in [6, 6.07) is 10.8. The lowest BCUT2D eigenvalue weighted by Gasteiger charge is -2.16. The molecule has 7 heteroatoms. The number of nitrogens with zero attached hydrogens (tertiary/aromatic N) is 2. The fourth-order valence-corrected chi connectivity index (χ4v) is 2.45. The summed E-state index contributed by atoms with van der Waals surface area (Å²) in [5.41, 5.74) is 1.52. The summed E-state index contributed by atoms with van der Waals surface area (Å²) < 4.78 is 14.1. The lowest BCUT2D eigenvalue weighted by atomic mass is 10.1. The molecule has 0 aromatic heterocycles. The molecular weight excluding hydrogens is 325 g/mol. The molecule has 6 nitrogen and oxygen atoms in total. The second-order valence-corrected chi connectivity index (χ2v) is 5.56. The number of nitriles is 1. The van der Waals surface area contributed by atoms with Crippen molar-refractivity contribution in [3.8, 4) is 6.07 Å². The van der Waals surface area contributed by atoms with E-state index in [4.69, 9.17) is 10.1 Å². The van der Waals surface area contributed by atoms with Crippen LogP contribution in [0.1, 0.15) is 27.9 Å². The number of halogens is 1. The van der Waals surface area contributed by atoms with Crippen molar-refractivity contribution in [2.45, 2.75) is 13.3 Å². The molecule has 0 saturated carbocycles. The van der Waals surface area contributed by atoms with Crippen LogP contribution in [0.2, 0.25) is 0 Å². The summed E-state index contributed by atoms with van der Waals surface area (Å²) in [4.78, 5) is 29.3. The van der Waals surface area contributed by atoms with E-state index in [1.165, 1.54) is 30.3 Å². The van der Waals surface area contributed by atoms with E-state index >= 15 is 0 Å². The maximum absolute atomic E-state index is 14.1. The number of nitrogens with one attached hydrogen (secondary N) is 1. The zero-order valence-electron chi connectivity index (χ0n) is 13.4. The molecule has 1 heterocycles. The van der Waals surface area contributed by atoms with Gasteiger partial charge < -0.3 is 5.32 Å². The highest BCUT2D eigenvalue weighted by molar-refractivity contribution is 6.07. The number of aryl methyl sites for hydroxylation is 1. The molecule has 0 bridgehead atoms. The molecule has 126 valence electrons. The van der Waals surface area contributed by atoms with Crippen molar-refractivity contribution in [2.75, 3.05) is 11.9 Å². The first-order valence-corrected chi connectivity index (χ1v) is 7.57. The minimum Gasteiger partial charge on any atom is -0.352 e. The number of benzene rings is 2. The van der Waals surface area contributed by atoms with Crippen LogP contribution in [0.4, 0.5) is 15.8 Å². The van der Waals surface area contributed by atoms with E-state index in [2.05, 4.69) is 5.32 Å². The number of hydrogen-bond acceptors (Lipinski definition) is 5. The van der Waals surface area contributed by atoms with E-state index in [1.807, 2.05) is 6.07 Å². The minimum absolute atomic E-state index is 0.106. The molecule has 25 heavy (non-hydrogen) atoms. The van der Waals surface area contributed by atoms with Gasteiger partial charge in [-0.3, -0.25) is 14.4 Å². The van der Waals surface area contributed by atoms with Crippen molar-refractivity contribution in [3.63, 3.8) is 0 Å². The lowest BCUT2D eigenvalue weighted by Crippen LogP contribution is -2.31. The van der Waals surface area contributed by atoms with Crippen molar-refractivity contribution >= 4 is 23.2 Å². The zero-order chi connectivity index (χ0) is 18.0. The van der Waals surface area contributed by atoms with Crippen molar-refractivity contribution in [3.05, 3.63) is 58.9 Å². The third kappa shape index (κ3) is 3.34. The number of carbonyl (C=O) groups excluding carboxylic acids is 2. The molecule has 1 aliphatic rings. The molecule has 1 fully saturated rings. The Bertz CT molecular complexity index is 905. The fraction of sp³-hybridized carbons (Fsp3) is 0.167. The van der Waals surface area contributed by atoms with Crippen LogP contribution in [0.5, 0.6) is 0 Å². The van der Waals surface area contributed by atoms with E-state index in [0.717, 1.165) is 5.56 Å². The van der Waals surface area contributed by atoms with Gasteiger partial charge in [-0.2, -0.15) is 5.26 Å². The predicted molar refractivity (Wildman–Crippen MR) is 87.3 cm³/mol. The van der Waals surface area contributed by atoms with E-state index in [0.29, 0.717) is 10.6 Å². The van der Waals surface area contributed by atoms with Gasteiger partial charge in [-0.25, -0.2) is 4.39 Å². The highest BCUT2D eigenvalue weighted by atomic mass is 19.1. The first-order valence-electron chi connectivity index (χ1n) is 7.57. The van der Waals surface area contributed by atoms with Crippen molar-refractivity contribution < 1.29 is 18.8 Å². The van der Waals surface area contributed by atoms with Gasteiger partial charge in [0.1, 0.15) is 5.82 Å². The van der Waals surface area contributed by atoms with Crippen LogP contribution in [0.25, 0.3) is 0 Å². The summed E-state index contributed by atoms with van der Waals surface area (Å²) in [6.07, 6.45) is 0.122. The Morgan fingerprint density at radius 1 is 1.28 bits per heavy atom. The Morgan fingerprint density at radius 3 is 2.72 bits per heavy atom. The third-order valence-corrected chi connectivity index (χ3v) is 3.72. The number of carbonyl (C=O) groups is 2. The normalized spacial score (nSPS) is 13.6. The topological polar surface area (TPSA) is 82.4 Å². The van der Waals surface area contributed by atoms with Crippen molar-refractivity contribution in [1.29, 1.82) is 5.26 Å². The van der Waals surface area contributed by atoms with Crippen molar-refractivity contribution in [2.24, 2.45) is 0 Å². The zero-order valence-corrected chi connectivity index (χ0v) is 13.4. The van der Waals surface area contributed by atoms with Gasteiger partial charge >= 0.3 is 0 Å². The Kier molecular flexibility index (Phi) is 4.46. The second kappa shape index (κ2) is 6.71. The predicted octanol–water partition coefficient (Wildman–Crippen LogP) is 3.05. The van der Waals surface area contributed by atoms with Gasteiger partial charge in [0, 0.05) is 0 Å². The van der Waals surface area contributed by atoms with Gasteiger partial charge in [0.05, 0.1) is 41.6 Å². The maximum Gasteiger partial charge on any atom is 0.286 e. The Balaban J connectivity index is 2.00.